The summed E-state index contributed by atoms with van der Waals surface area (Å²) < 4.78 is 57.6. The van der Waals surface area contributed by atoms with Crippen molar-refractivity contribution < 1.29 is 51.7 Å². The van der Waals surface area contributed by atoms with Crippen LogP contribution in [0.5, 0.6) is 11.5 Å². The molecule has 3 aromatic rings. The predicted molar refractivity (Wildman–Crippen MR) is 250 cm³/mol. The molecule has 0 radical (unpaired) electrons. The number of nitrogens with one attached hydrogen (secondary N) is 3. The maximum absolute atomic E-state index is 14.8. The minimum atomic E-state index is -4.25. The number of carboxylic acid groups (broad SMARTS) is 1. The van der Waals surface area contributed by atoms with Crippen LogP contribution in [0.2, 0.25) is 5.02 Å². The number of nitrogens with zero attached hydrogens (tertiary/aromatic N) is 5. The maximum atomic E-state index is 14.8. The molecule has 2 saturated heterocycles. The van der Waals surface area contributed by atoms with Gasteiger partial charge in [-0.05, 0) is 74.8 Å². The van der Waals surface area contributed by atoms with Crippen molar-refractivity contribution >= 4 is 62.8 Å². The third-order valence-corrected chi connectivity index (χ3v) is 15.0. The first kappa shape index (κ1) is 49.8. The smallest absolute Gasteiger partial charge is 0.408 e. The molecule has 3 saturated carbocycles. The molecule has 0 spiro atoms. The largest absolute Gasteiger partial charge is 0.491 e. The van der Waals surface area contributed by atoms with E-state index in [-0.39, 0.29) is 49.1 Å². The molecule has 3 aliphatic carbocycles. The summed E-state index contributed by atoms with van der Waals surface area (Å²) in [5.41, 5.74) is -0.986. The number of halogens is 4. The Morgan fingerprint density at radius 2 is 1.68 bits per heavy atom. The van der Waals surface area contributed by atoms with E-state index in [1.165, 1.54) is 21.1 Å². The van der Waals surface area contributed by atoms with E-state index < -0.39 is 65.7 Å². The molecule has 1 aromatic carbocycles. The lowest BCUT2D eigenvalue weighted by Gasteiger charge is -2.35. The highest BCUT2D eigenvalue weighted by atomic mass is 35.5. The Morgan fingerprint density at radius 1 is 0.971 bits per heavy atom. The van der Waals surface area contributed by atoms with Crippen molar-refractivity contribution in [2.45, 2.75) is 122 Å². The number of alkyl halides is 3. The van der Waals surface area contributed by atoms with E-state index in [0.717, 1.165) is 19.3 Å². The van der Waals surface area contributed by atoms with E-state index >= 15 is 0 Å². The fraction of sp³-hybridized carbons (Fsp3) is 0.660. The van der Waals surface area contributed by atoms with Gasteiger partial charge in [0.15, 0.2) is 5.13 Å². The van der Waals surface area contributed by atoms with Crippen molar-refractivity contribution in [3.05, 3.63) is 28.6 Å². The van der Waals surface area contributed by atoms with Gasteiger partial charge in [-0.25, -0.2) is 19.6 Å². The molecule has 4 heterocycles. The van der Waals surface area contributed by atoms with E-state index in [0.29, 0.717) is 89.9 Å². The van der Waals surface area contributed by atoms with Gasteiger partial charge in [0, 0.05) is 62.0 Å². The standard InChI is InChI=1S/C47H62ClF3N8O8S/c1-7-28-21-46(28,42(62)63)56-40(60)34-19-30(22-59(34)41(61)39(45(4,5)6)55-44(64)67-29-17-26-16-27(26)18-29)66-36-20-32(33-23-68-43(54-33)52-25(2)3)53-38-31(36)8-9-35(37(38)48)65-15-14-57-10-12-58(13-11-57)24-47(49,50)51/h8-9,20,23,25-30,34,39H,7,10-19,21-22,24H2,1-6H3,(H,52,54)(H,55,64)(H,56,60)(H,62,63)/t26-,27+,28-,29?,30-,34+,39-,46?/m1/s1. The van der Waals surface area contributed by atoms with Crippen molar-refractivity contribution in [2.24, 2.45) is 23.2 Å². The molecule has 8 atom stereocenters. The first-order valence-electron chi connectivity index (χ1n) is 23.6. The van der Waals surface area contributed by atoms with Gasteiger partial charge in [0.1, 0.15) is 58.7 Å². The first-order valence-corrected chi connectivity index (χ1v) is 24.9. The second kappa shape index (κ2) is 19.6. The Morgan fingerprint density at radius 3 is 2.31 bits per heavy atom. The highest BCUT2D eigenvalue weighted by Crippen LogP contribution is 2.52. The number of carbonyl (C=O) groups excluding carboxylic acids is 3. The van der Waals surface area contributed by atoms with Gasteiger partial charge in [-0.3, -0.25) is 19.4 Å². The minimum absolute atomic E-state index is 0.00603. The van der Waals surface area contributed by atoms with Gasteiger partial charge in [0.05, 0.1) is 24.3 Å². The van der Waals surface area contributed by atoms with E-state index in [9.17, 15) is 37.5 Å². The lowest BCUT2D eigenvalue weighted by molar-refractivity contribution is -0.149. The fourth-order valence-corrected chi connectivity index (χ4v) is 11.1. The molecule has 5 fully saturated rings. The quantitative estimate of drug-likeness (QED) is 0.108. The van der Waals surface area contributed by atoms with Crippen molar-refractivity contribution in [2.75, 3.05) is 57.7 Å². The second-order valence-electron chi connectivity index (χ2n) is 20.5. The number of carbonyl (C=O) groups is 4. The number of carboxylic acids is 1. The number of pyridine rings is 1. The number of hydrogen-bond donors (Lipinski definition) is 4. The SMILES string of the molecule is CC[C@@H]1CC1(NC(=O)[C@@H]1C[C@@H](Oc2cc(-c3csc(NC(C)C)n3)nc3c(Cl)c(OCCN4CCN(CC(F)(F)F)CC4)ccc23)CN1C(=O)[C@@H](NC(=O)OC1C[C@@H]2C[C@@H]2C1)C(C)(C)C)C(=O)O. The van der Waals surface area contributed by atoms with Gasteiger partial charge >= 0.3 is 18.2 Å². The van der Waals surface area contributed by atoms with Crippen LogP contribution >= 0.6 is 22.9 Å². The van der Waals surface area contributed by atoms with Crippen molar-refractivity contribution in [3.63, 3.8) is 0 Å². The normalized spacial score (nSPS) is 26.6. The maximum Gasteiger partial charge on any atom is 0.408 e. The predicted octanol–water partition coefficient (Wildman–Crippen LogP) is 7.05. The second-order valence-corrected chi connectivity index (χ2v) is 21.7. The number of piperazine rings is 1. The molecular formula is C47H62ClF3N8O8S. The molecule has 3 amide bonds. The highest BCUT2D eigenvalue weighted by Gasteiger charge is 2.61. The summed E-state index contributed by atoms with van der Waals surface area (Å²) in [4.78, 5) is 69.6. The molecule has 2 aliphatic heterocycles. The third kappa shape index (κ3) is 11.3. The van der Waals surface area contributed by atoms with Crippen LogP contribution in [0.25, 0.3) is 22.3 Å². The van der Waals surface area contributed by atoms with Crippen LogP contribution < -0.4 is 25.4 Å². The third-order valence-electron chi connectivity index (χ3n) is 13.9. The molecule has 21 heteroatoms. The van der Waals surface area contributed by atoms with E-state index in [1.54, 1.807) is 18.2 Å². The number of hydrogen-bond acceptors (Lipinski definition) is 13. The molecule has 2 unspecified atom stereocenters. The number of aromatic nitrogens is 2. The van der Waals surface area contributed by atoms with Crippen molar-refractivity contribution in [3.8, 4) is 22.9 Å². The summed E-state index contributed by atoms with van der Waals surface area (Å²) in [7, 11) is 0. The Labute approximate surface area is 403 Å². The lowest BCUT2D eigenvalue weighted by atomic mass is 9.85. The zero-order valence-corrected chi connectivity index (χ0v) is 40.9. The number of amides is 3. The molecule has 5 aliphatic rings. The van der Waals surface area contributed by atoms with Crippen molar-refractivity contribution in [1.82, 2.24) is 35.3 Å². The Hall–Kier alpha value is -4.66. The summed E-state index contributed by atoms with van der Waals surface area (Å²) in [5, 5.41) is 22.4. The van der Waals surface area contributed by atoms with Crippen LogP contribution in [-0.4, -0.2) is 148 Å². The summed E-state index contributed by atoms with van der Waals surface area (Å²) >= 11 is 8.49. The zero-order chi connectivity index (χ0) is 48.9. The fourth-order valence-electron chi connectivity index (χ4n) is 9.98. The van der Waals surface area contributed by atoms with Crippen LogP contribution in [-0.2, 0) is 19.1 Å². The number of aliphatic carboxylic acids is 1. The summed E-state index contributed by atoms with van der Waals surface area (Å²) in [5.74, 6) is -0.771. The number of alkyl carbamates (subject to hydrolysis) is 1. The Bertz CT molecular complexity index is 2370. The van der Waals surface area contributed by atoms with Crippen LogP contribution in [0.4, 0.5) is 23.1 Å². The summed E-state index contributed by atoms with van der Waals surface area (Å²) in [6, 6.07) is 3.01. The van der Waals surface area contributed by atoms with Gasteiger partial charge in [0.25, 0.3) is 0 Å². The van der Waals surface area contributed by atoms with E-state index in [2.05, 4.69) is 16.0 Å². The van der Waals surface area contributed by atoms with Crippen LogP contribution in [0.1, 0.15) is 80.1 Å². The molecule has 68 heavy (non-hydrogen) atoms. The van der Waals surface area contributed by atoms with E-state index in [4.69, 9.17) is 35.8 Å². The van der Waals surface area contributed by atoms with Gasteiger partial charge < -0.3 is 40.2 Å². The number of likely N-dealkylation sites (tertiary alicyclic amines) is 1. The molecule has 4 N–H and O–H groups in total. The molecule has 8 rings (SSSR count). The Kier molecular flexibility index (Phi) is 14.4. The number of anilines is 1. The number of rotatable bonds is 17. The number of fused-ring (bicyclic) bond motifs is 2. The lowest BCUT2D eigenvalue weighted by Crippen LogP contribution is -2.59. The molecule has 16 nitrogen and oxygen atoms in total. The van der Waals surface area contributed by atoms with Crippen LogP contribution in [0, 0.1) is 23.2 Å². The van der Waals surface area contributed by atoms with Gasteiger partial charge in [-0.2, -0.15) is 13.2 Å². The van der Waals surface area contributed by atoms with Crippen LogP contribution in [0.15, 0.2) is 23.6 Å². The topological polar surface area (TPSA) is 188 Å². The summed E-state index contributed by atoms with van der Waals surface area (Å²) in [6.07, 6.45) is -2.45. The molecular weight excluding hydrogens is 929 g/mol. The Balaban J connectivity index is 1.06. The molecule has 2 aromatic heterocycles. The summed E-state index contributed by atoms with van der Waals surface area (Å²) in [6.45, 7) is 12.5. The average molecular weight is 992 g/mol. The first-order chi connectivity index (χ1) is 32.1. The van der Waals surface area contributed by atoms with Gasteiger partial charge in [-0.1, -0.05) is 45.7 Å². The average Bonchev–Trinajstić information content (AvgIpc) is 3.93. The van der Waals surface area contributed by atoms with Gasteiger partial charge in [-0.15, -0.1) is 11.3 Å². The van der Waals surface area contributed by atoms with Crippen LogP contribution in [0.3, 0.4) is 0 Å². The number of thiazole rings is 1. The minimum Gasteiger partial charge on any atom is -0.491 e. The number of ether oxygens (including phenoxy) is 3. The zero-order valence-electron chi connectivity index (χ0n) is 39.3. The highest BCUT2D eigenvalue weighted by molar-refractivity contribution is 7.14. The number of benzene rings is 1. The van der Waals surface area contributed by atoms with Crippen molar-refractivity contribution in [1.29, 1.82) is 0 Å². The van der Waals surface area contributed by atoms with Gasteiger partial charge in [0.2, 0.25) is 11.8 Å². The van der Waals surface area contributed by atoms with E-state index in [1.807, 2.05) is 51.8 Å². The monoisotopic (exact) mass is 990 g/mol. The molecule has 372 valence electrons. The molecule has 0 bridgehead atoms.